The fraction of sp³-hybridized carbons (Fsp3) is 0. The van der Waals surface area contributed by atoms with Gasteiger partial charge in [-0.05, 0) is 0 Å². The van der Waals surface area contributed by atoms with Gasteiger partial charge in [0.2, 0.25) is 0 Å². The van der Waals surface area contributed by atoms with E-state index in [0.29, 0.717) is 5.56 Å². The van der Waals surface area contributed by atoms with Crippen LogP contribution in [-0.2, 0) is 14.7 Å². The van der Waals surface area contributed by atoms with Gasteiger partial charge in [0.25, 0.3) is 0 Å². The van der Waals surface area contributed by atoms with Crippen molar-refractivity contribution in [3.63, 3.8) is 0 Å². The number of halogens is 2. The first kappa shape index (κ1) is 9.04. The Balaban J connectivity index is 3.15. The van der Waals surface area contributed by atoms with E-state index in [1.165, 1.54) is 0 Å². The van der Waals surface area contributed by atoms with Crippen molar-refractivity contribution in [3.05, 3.63) is 29.8 Å². The van der Waals surface area contributed by atoms with Crippen LogP contribution < -0.4 is 4.04 Å². The summed E-state index contributed by atoms with van der Waals surface area (Å²) in [5.74, 6) is 0. The number of benzene rings is 1. The molecule has 0 aromatic heterocycles. The second-order valence-electron chi connectivity index (χ2n) is 1.72. The van der Waals surface area contributed by atoms with Crippen LogP contribution in [0.5, 0.6) is 0 Å². The van der Waals surface area contributed by atoms with Crippen LogP contribution in [0.2, 0.25) is 0 Å². The van der Waals surface area contributed by atoms with Crippen molar-refractivity contribution in [2.75, 3.05) is 0 Å². The van der Waals surface area contributed by atoms with Gasteiger partial charge < -0.3 is 0 Å². The number of rotatable bonds is 1. The third-order valence-electron chi connectivity index (χ3n) is 1.10. The zero-order valence-corrected chi connectivity index (χ0v) is 8.40. The molecule has 0 aliphatic carbocycles. The van der Waals surface area contributed by atoms with Gasteiger partial charge in [0.15, 0.2) is 0 Å². The average molecular weight is 279 g/mol. The topological polar surface area (TPSA) is 23.8 Å². The molecule has 0 heterocycles. The van der Waals surface area contributed by atoms with E-state index in [4.69, 9.17) is 24.3 Å². The molecule has 0 bridgehead atoms. The molecule has 0 amide bonds. The molecule has 0 unspecified atom stereocenters. The SMILES string of the molecule is N#Cc1cccc[c]1[Pd]([Cl])[Cl]. The van der Waals surface area contributed by atoms with Crippen molar-refractivity contribution >= 4 is 23.1 Å². The third-order valence-corrected chi connectivity index (χ3v) is 3.93. The first-order chi connectivity index (χ1) is 5.25. The van der Waals surface area contributed by atoms with E-state index >= 15 is 0 Å². The quantitative estimate of drug-likeness (QED) is 0.722. The van der Waals surface area contributed by atoms with Crippen LogP contribution in [-0.4, -0.2) is 0 Å². The van der Waals surface area contributed by atoms with E-state index < -0.39 is 14.7 Å². The van der Waals surface area contributed by atoms with Crippen molar-refractivity contribution in [2.45, 2.75) is 0 Å². The van der Waals surface area contributed by atoms with Crippen molar-refractivity contribution in [2.24, 2.45) is 0 Å². The van der Waals surface area contributed by atoms with E-state index in [1.54, 1.807) is 18.2 Å². The number of hydrogen-bond donors (Lipinski definition) is 0. The molecule has 0 spiro atoms. The van der Waals surface area contributed by atoms with Gasteiger partial charge in [-0.15, -0.1) is 0 Å². The molecule has 0 saturated heterocycles. The molecular weight excluding hydrogens is 275 g/mol. The van der Waals surface area contributed by atoms with E-state index in [1.807, 2.05) is 12.1 Å². The maximum atomic E-state index is 8.62. The van der Waals surface area contributed by atoms with Crippen LogP contribution >= 0.6 is 19.1 Å². The maximum absolute atomic E-state index is 8.62. The van der Waals surface area contributed by atoms with Crippen LogP contribution in [0.4, 0.5) is 0 Å². The summed E-state index contributed by atoms with van der Waals surface area (Å²) < 4.78 is 0.782. The average Bonchev–Trinajstić information content (AvgIpc) is 2.04. The predicted molar refractivity (Wildman–Crippen MR) is 42.5 cm³/mol. The predicted octanol–water partition coefficient (Wildman–Crippen LogP) is 2.11. The van der Waals surface area contributed by atoms with Gasteiger partial charge in [0, 0.05) is 0 Å². The molecule has 0 radical (unpaired) electrons. The molecule has 0 N–H and O–H groups in total. The minimum atomic E-state index is -1.66. The van der Waals surface area contributed by atoms with Gasteiger partial charge in [0.05, 0.1) is 0 Å². The fourth-order valence-corrected chi connectivity index (χ4v) is 2.75. The molecule has 11 heavy (non-hydrogen) atoms. The summed E-state index contributed by atoms with van der Waals surface area (Å²) in [7, 11) is 11.4. The summed E-state index contributed by atoms with van der Waals surface area (Å²) in [4.78, 5) is 0. The summed E-state index contributed by atoms with van der Waals surface area (Å²) in [5.41, 5.74) is 0.582. The van der Waals surface area contributed by atoms with Crippen LogP contribution in [0.15, 0.2) is 24.3 Å². The Bertz CT molecular complexity index is 293. The Hall–Kier alpha value is -0.0477. The zero-order valence-electron chi connectivity index (χ0n) is 5.33. The molecule has 0 fully saturated rings. The standard InChI is InChI=1S/C7H4N.2ClH.Pd/c8-6-7-4-2-1-3-5-7;;;/h1-4H;2*1H;/q;;;+2/p-2. The number of hydrogen-bond acceptors (Lipinski definition) is 1. The van der Waals surface area contributed by atoms with Crippen molar-refractivity contribution in [3.8, 4) is 6.07 Å². The summed E-state index contributed by atoms with van der Waals surface area (Å²) in [6.45, 7) is 0. The van der Waals surface area contributed by atoms with E-state index in [0.717, 1.165) is 4.04 Å². The molecule has 4 heteroatoms. The number of nitriles is 1. The molecule has 1 rings (SSSR count). The fourth-order valence-electron chi connectivity index (χ4n) is 0.642. The molecule has 1 nitrogen and oxygen atoms in total. The Labute approximate surface area is 78.8 Å². The minimum absolute atomic E-state index is 0.582. The van der Waals surface area contributed by atoms with E-state index in [2.05, 4.69) is 0 Å². The van der Waals surface area contributed by atoms with E-state index in [-0.39, 0.29) is 0 Å². The summed E-state index contributed by atoms with van der Waals surface area (Å²) in [6, 6.07) is 9.17. The van der Waals surface area contributed by atoms with Gasteiger partial charge in [-0.3, -0.25) is 0 Å². The molecule has 61 valence electrons. The second-order valence-corrected chi connectivity index (χ2v) is 6.92. The van der Waals surface area contributed by atoms with Gasteiger partial charge in [0.1, 0.15) is 0 Å². The molecule has 0 atom stereocenters. The Morgan fingerprint density at radius 3 is 2.36 bits per heavy atom. The van der Waals surface area contributed by atoms with Gasteiger partial charge in [-0.1, -0.05) is 0 Å². The van der Waals surface area contributed by atoms with E-state index in [9.17, 15) is 0 Å². The number of nitrogens with zero attached hydrogens (tertiary/aromatic N) is 1. The zero-order chi connectivity index (χ0) is 8.27. The van der Waals surface area contributed by atoms with Crippen LogP contribution in [0, 0.1) is 11.3 Å². The molecule has 1 aromatic carbocycles. The Kier molecular flexibility index (Phi) is 3.37. The molecule has 0 aliphatic heterocycles. The second kappa shape index (κ2) is 4.10. The van der Waals surface area contributed by atoms with Gasteiger partial charge >= 0.3 is 79.0 Å². The summed E-state index contributed by atoms with van der Waals surface area (Å²) >= 11 is -1.66. The summed E-state index contributed by atoms with van der Waals surface area (Å²) in [6.07, 6.45) is 0. The Morgan fingerprint density at radius 2 is 1.91 bits per heavy atom. The third kappa shape index (κ3) is 2.19. The Morgan fingerprint density at radius 1 is 1.27 bits per heavy atom. The first-order valence-electron chi connectivity index (χ1n) is 2.70. The monoisotopic (exact) mass is 278 g/mol. The van der Waals surface area contributed by atoms with Gasteiger partial charge in [-0.2, -0.15) is 0 Å². The van der Waals surface area contributed by atoms with Crippen LogP contribution in [0.25, 0.3) is 0 Å². The molecule has 0 saturated carbocycles. The molecular formula is C7H4Cl2NPd. The summed E-state index contributed by atoms with van der Waals surface area (Å²) in [5, 5.41) is 8.62. The first-order valence-corrected chi connectivity index (χ1v) is 7.48. The molecule has 1 aromatic rings. The van der Waals surface area contributed by atoms with Crippen LogP contribution in [0.3, 0.4) is 0 Å². The molecule has 0 aliphatic rings. The van der Waals surface area contributed by atoms with Crippen molar-refractivity contribution in [1.82, 2.24) is 0 Å². The van der Waals surface area contributed by atoms with Crippen molar-refractivity contribution < 1.29 is 14.7 Å². The van der Waals surface area contributed by atoms with Gasteiger partial charge in [-0.25, -0.2) is 0 Å². The van der Waals surface area contributed by atoms with Crippen LogP contribution in [0.1, 0.15) is 5.56 Å². The van der Waals surface area contributed by atoms with Crippen molar-refractivity contribution in [1.29, 1.82) is 5.26 Å². The normalized spacial score (nSPS) is 10.5.